The number of nitrogens with zero attached hydrogens (tertiary/aromatic N) is 3. The fourth-order valence-corrected chi connectivity index (χ4v) is 3.00. The van der Waals surface area contributed by atoms with Crippen molar-refractivity contribution in [2.75, 3.05) is 13.6 Å². The van der Waals surface area contributed by atoms with E-state index in [-0.39, 0.29) is 6.04 Å². The van der Waals surface area contributed by atoms with Crippen LogP contribution < -0.4 is 5.32 Å². The molecule has 0 aromatic heterocycles. The summed E-state index contributed by atoms with van der Waals surface area (Å²) in [5, 5.41) is 3.51. The van der Waals surface area contributed by atoms with Gasteiger partial charge in [0, 0.05) is 7.05 Å². The summed E-state index contributed by atoms with van der Waals surface area (Å²) in [5.74, 6) is 0. The molecule has 1 aliphatic heterocycles. The Morgan fingerprint density at radius 2 is 2.32 bits per heavy atom. The standard InChI is InChI=1S/C18H20N4/c1-4-13-5-7-15-14(9-13)6-8-16(15)22-12(2)18-17(19-3)10-20-11-21-18/h4-5,7,9,11,16,22H,1-2,6,8,10H2,3H3/t16-/m0/s1. The Morgan fingerprint density at radius 3 is 3.09 bits per heavy atom. The monoisotopic (exact) mass is 292 g/mol. The van der Waals surface area contributed by atoms with E-state index in [2.05, 4.69) is 51.7 Å². The molecule has 1 aliphatic carbocycles. The van der Waals surface area contributed by atoms with Crippen molar-refractivity contribution in [3.8, 4) is 0 Å². The van der Waals surface area contributed by atoms with Crippen molar-refractivity contribution in [2.45, 2.75) is 18.9 Å². The Kier molecular flexibility index (Phi) is 4.00. The van der Waals surface area contributed by atoms with E-state index >= 15 is 0 Å². The number of hydrogen-bond donors (Lipinski definition) is 1. The van der Waals surface area contributed by atoms with Gasteiger partial charge in [0.15, 0.2) is 0 Å². The van der Waals surface area contributed by atoms with Crippen LogP contribution in [0.4, 0.5) is 0 Å². The highest BCUT2D eigenvalue weighted by Gasteiger charge is 2.24. The zero-order valence-corrected chi connectivity index (χ0v) is 12.8. The maximum Gasteiger partial charge on any atom is 0.111 e. The smallest absolute Gasteiger partial charge is 0.111 e. The average Bonchev–Trinajstić information content (AvgIpc) is 2.96. The second kappa shape index (κ2) is 6.10. The fourth-order valence-electron chi connectivity index (χ4n) is 3.00. The van der Waals surface area contributed by atoms with Crippen LogP contribution in [0.15, 0.2) is 52.0 Å². The van der Waals surface area contributed by atoms with Gasteiger partial charge in [-0.25, -0.2) is 4.99 Å². The summed E-state index contributed by atoms with van der Waals surface area (Å²) < 4.78 is 0. The van der Waals surface area contributed by atoms with Crippen LogP contribution in [-0.4, -0.2) is 31.4 Å². The molecule has 2 aliphatic rings. The van der Waals surface area contributed by atoms with Gasteiger partial charge in [-0.2, -0.15) is 0 Å². The van der Waals surface area contributed by atoms with Crippen molar-refractivity contribution >= 4 is 23.8 Å². The van der Waals surface area contributed by atoms with E-state index in [1.165, 1.54) is 16.7 Å². The quantitative estimate of drug-likeness (QED) is 0.911. The zero-order valence-electron chi connectivity index (χ0n) is 12.8. The van der Waals surface area contributed by atoms with Crippen LogP contribution in [0.1, 0.15) is 29.2 Å². The molecule has 1 heterocycles. The molecule has 1 N–H and O–H groups in total. The lowest BCUT2D eigenvalue weighted by Crippen LogP contribution is -2.31. The normalized spacial score (nSPS) is 21.4. The van der Waals surface area contributed by atoms with Gasteiger partial charge in [-0.1, -0.05) is 37.4 Å². The molecule has 4 nitrogen and oxygen atoms in total. The first-order valence-electron chi connectivity index (χ1n) is 7.46. The van der Waals surface area contributed by atoms with Crippen molar-refractivity contribution < 1.29 is 0 Å². The molecule has 0 amide bonds. The average molecular weight is 292 g/mol. The first-order valence-corrected chi connectivity index (χ1v) is 7.46. The van der Waals surface area contributed by atoms with Crippen LogP contribution in [0.25, 0.3) is 6.08 Å². The van der Waals surface area contributed by atoms with Crippen LogP contribution in [0.3, 0.4) is 0 Å². The minimum absolute atomic E-state index is 0.279. The Balaban J connectivity index is 1.78. The van der Waals surface area contributed by atoms with Gasteiger partial charge >= 0.3 is 0 Å². The lowest BCUT2D eigenvalue weighted by molar-refractivity contribution is 0.607. The van der Waals surface area contributed by atoms with E-state index in [0.717, 1.165) is 30.0 Å². The molecule has 3 rings (SSSR count). The number of allylic oxidation sites excluding steroid dienone is 1. The Hall–Kier alpha value is -2.49. The van der Waals surface area contributed by atoms with Crippen LogP contribution in [0.2, 0.25) is 0 Å². The topological polar surface area (TPSA) is 49.1 Å². The van der Waals surface area contributed by atoms with Gasteiger partial charge in [0.1, 0.15) is 12.1 Å². The molecule has 4 heteroatoms. The van der Waals surface area contributed by atoms with E-state index in [4.69, 9.17) is 0 Å². The van der Waals surface area contributed by atoms with Crippen LogP contribution in [-0.2, 0) is 6.42 Å². The largest absolute Gasteiger partial charge is 0.377 e. The van der Waals surface area contributed by atoms with Gasteiger partial charge in [-0.05, 0) is 29.5 Å². The van der Waals surface area contributed by atoms with E-state index in [9.17, 15) is 0 Å². The third kappa shape index (κ3) is 2.64. The molecule has 1 atom stereocenters. The van der Waals surface area contributed by atoms with E-state index in [1.807, 2.05) is 6.08 Å². The van der Waals surface area contributed by atoms with Crippen molar-refractivity contribution in [2.24, 2.45) is 15.0 Å². The third-order valence-electron chi connectivity index (χ3n) is 4.17. The van der Waals surface area contributed by atoms with Crippen LogP contribution in [0, 0.1) is 0 Å². The van der Waals surface area contributed by atoms with Gasteiger partial charge < -0.3 is 5.32 Å². The van der Waals surface area contributed by atoms with Crippen molar-refractivity contribution in [1.82, 2.24) is 5.32 Å². The maximum atomic E-state index is 4.33. The molecule has 1 aromatic carbocycles. The van der Waals surface area contributed by atoms with Crippen LogP contribution >= 0.6 is 0 Å². The van der Waals surface area contributed by atoms with Gasteiger partial charge in [-0.3, -0.25) is 9.98 Å². The minimum Gasteiger partial charge on any atom is -0.377 e. The van der Waals surface area contributed by atoms with E-state index in [0.29, 0.717) is 6.54 Å². The number of aliphatic imine (C=N–C) groups is 3. The summed E-state index contributed by atoms with van der Waals surface area (Å²) in [6, 6.07) is 6.79. The molecule has 1 aromatic rings. The van der Waals surface area contributed by atoms with Crippen molar-refractivity contribution in [1.29, 1.82) is 0 Å². The van der Waals surface area contributed by atoms with E-state index in [1.54, 1.807) is 13.4 Å². The Morgan fingerprint density at radius 1 is 1.45 bits per heavy atom. The predicted molar refractivity (Wildman–Crippen MR) is 94.0 cm³/mol. The SMILES string of the molecule is C=Cc1ccc2c(c1)CC[C@@H]2NC(=C)C1=NC=NCC1=NC. The number of rotatable bonds is 4. The first kappa shape index (κ1) is 14.4. The molecule has 112 valence electrons. The molecule has 0 fully saturated rings. The first-order chi connectivity index (χ1) is 10.7. The molecule has 22 heavy (non-hydrogen) atoms. The molecule has 0 saturated carbocycles. The Bertz CT molecular complexity index is 710. The molecule has 0 radical (unpaired) electrons. The van der Waals surface area contributed by atoms with Gasteiger partial charge in [-0.15, -0.1) is 0 Å². The fraction of sp³-hybridized carbons (Fsp3) is 0.278. The second-order valence-electron chi connectivity index (χ2n) is 5.48. The van der Waals surface area contributed by atoms with Gasteiger partial charge in [0.05, 0.1) is 24.0 Å². The summed E-state index contributed by atoms with van der Waals surface area (Å²) in [5.41, 5.74) is 6.41. The highest BCUT2D eigenvalue weighted by Crippen LogP contribution is 2.32. The third-order valence-corrected chi connectivity index (χ3v) is 4.17. The lowest BCUT2D eigenvalue weighted by atomic mass is 10.0. The highest BCUT2D eigenvalue weighted by atomic mass is 15.0. The number of hydrogen-bond acceptors (Lipinski definition) is 4. The number of nitrogens with one attached hydrogen (secondary N) is 1. The zero-order chi connectivity index (χ0) is 15.5. The summed E-state index contributed by atoms with van der Waals surface area (Å²) in [6.07, 6.45) is 5.61. The summed E-state index contributed by atoms with van der Waals surface area (Å²) in [6.45, 7) is 8.55. The number of aryl methyl sites for hydroxylation is 1. The summed E-state index contributed by atoms with van der Waals surface area (Å²) in [4.78, 5) is 12.7. The summed E-state index contributed by atoms with van der Waals surface area (Å²) in [7, 11) is 1.76. The molecule has 0 bridgehead atoms. The highest BCUT2D eigenvalue weighted by molar-refractivity contribution is 6.50. The van der Waals surface area contributed by atoms with Crippen molar-refractivity contribution in [3.63, 3.8) is 0 Å². The summed E-state index contributed by atoms with van der Waals surface area (Å²) >= 11 is 0. The van der Waals surface area contributed by atoms with E-state index < -0.39 is 0 Å². The van der Waals surface area contributed by atoms with Crippen LogP contribution in [0.5, 0.6) is 0 Å². The lowest BCUT2D eigenvalue weighted by Gasteiger charge is -2.20. The molecule has 0 unspecified atom stereocenters. The second-order valence-corrected chi connectivity index (χ2v) is 5.48. The molecule has 0 spiro atoms. The van der Waals surface area contributed by atoms with Crippen molar-refractivity contribution in [3.05, 3.63) is 53.7 Å². The van der Waals surface area contributed by atoms with Gasteiger partial charge in [0.2, 0.25) is 0 Å². The maximum absolute atomic E-state index is 4.33. The molecule has 0 saturated heterocycles. The number of fused-ring (bicyclic) bond motifs is 1. The number of benzene rings is 1. The Labute approximate surface area is 131 Å². The minimum atomic E-state index is 0.279. The van der Waals surface area contributed by atoms with Gasteiger partial charge in [0.25, 0.3) is 0 Å². The molecular weight excluding hydrogens is 272 g/mol. The molecular formula is C18H20N4. The predicted octanol–water partition coefficient (Wildman–Crippen LogP) is 2.97.